The van der Waals surface area contributed by atoms with Crippen molar-refractivity contribution < 1.29 is 18.3 Å². The van der Waals surface area contributed by atoms with Crippen LogP contribution in [0.1, 0.15) is 53.0 Å². The summed E-state index contributed by atoms with van der Waals surface area (Å²) in [6.45, 7) is 4.55. The van der Waals surface area contributed by atoms with Gasteiger partial charge in [-0.25, -0.2) is 8.78 Å². The molecule has 3 heterocycles. The molecular formula is C26H22F2N2O2S. The number of halogens is 2. The topological polar surface area (TPSA) is 51.2 Å². The van der Waals surface area contributed by atoms with E-state index in [-0.39, 0.29) is 17.9 Å². The monoisotopic (exact) mass is 464 g/mol. The minimum atomic E-state index is -0.647. The number of aromatic nitrogens is 1. The van der Waals surface area contributed by atoms with Crippen molar-refractivity contribution in [2.24, 2.45) is 0 Å². The van der Waals surface area contributed by atoms with E-state index in [0.717, 1.165) is 27.6 Å². The normalized spacial score (nSPS) is 15.4. The molecule has 1 atom stereocenters. The minimum Gasteiger partial charge on any atom is -0.493 e. The molecule has 1 aliphatic rings. The van der Waals surface area contributed by atoms with Crippen LogP contribution in [0.3, 0.4) is 0 Å². The molecule has 1 amide bonds. The van der Waals surface area contributed by atoms with Crippen LogP contribution in [0, 0.1) is 11.6 Å². The van der Waals surface area contributed by atoms with Gasteiger partial charge >= 0.3 is 0 Å². The van der Waals surface area contributed by atoms with Crippen LogP contribution in [0.15, 0.2) is 54.7 Å². The molecule has 0 spiro atoms. The van der Waals surface area contributed by atoms with Crippen molar-refractivity contribution in [3.8, 4) is 16.9 Å². The predicted molar refractivity (Wildman–Crippen MR) is 126 cm³/mol. The molecule has 1 N–H and O–H groups in total. The second-order valence-corrected chi connectivity index (χ2v) is 9.42. The molecule has 0 unspecified atom stereocenters. The first-order valence-electron chi connectivity index (χ1n) is 10.8. The number of nitrogens with one attached hydrogen (secondary N) is 1. The molecule has 2 aromatic heterocycles. The van der Waals surface area contributed by atoms with Gasteiger partial charge in [0, 0.05) is 35.4 Å². The van der Waals surface area contributed by atoms with Crippen LogP contribution in [0.25, 0.3) is 21.3 Å². The molecule has 0 saturated heterocycles. The first-order valence-corrected chi connectivity index (χ1v) is 11.6. The number of rotatable bonds is 4. The molecule has 0 radical (unpaired) electrons. The second-order valence-electron chi connectivity index (χ2n) is 8.39. The second kappa shape index (κ2) is 8.56. The minimum absolute atomic E-state index is 0.0356. The highest BCUT2D eigenvalue weighted by atomic mass is 32.1. The van der Waals surface area contributed by atoms with Crippen molar-refractivity contribution in [2.45, 2.75) is 32.2 Å². The van der Waals surface area contributed by atoms with Gasteiger partial charge in [0.1, 0.15) is 17.4 Å². The molecule has 0 saturated carbocycles. The fourth-order valence-electron chi connectivity index (χ4n) is 4.36. The maximum Gasteiger partial charge on any atom is 0.262 e. The third-order valence-corrected chi connectivity index (χ3v) is 7.06. The smallest absolute Gasteiger partial charge is 0.262 e. The Kier molecular flexibility index (Phi) is 5.58. The average molecular weight is 465 g/mol. The third-order valence-electron chi connectivity index (χ3n) is 5.83. The van der Waals surface area contributed by atoms with E-state index >= 15 is 0 Å². The number of fused-ring (bicyclic) bond motifs is 2. The SMILES string of the molecule is CC(C)c1c(C(=O)N[C@H]2CCOc3ccccc32)sc2c(-c3cc(F)cc(F)c3)ccnc12. The molecular weight excluding hydrogens is 442 g/mol. The molecule has 4 aromatic rings. The zero-order chi connectivity index (χ0) is 23.1. The first kappa shape index (κ1) is 21.5. The van der Waals surface area contributed by atoms with Crippen molar-refractivity contribution in [3.63, 3.8) is 0 Å². The van der Waals surface area contributed by atoms with Gasteiger partial charge in [-0.3, -0.25) is 9.78 Å². The number of benzene rings is 2. The molecule has 2 aromatic carbocycles. The van der Waals surface area contributed by atoms with Crippen LogP contribution >= 0.6 is 11.3 Å². The highest BCUT2D eigenvalue weighted by Crippen LogP contribution is 2.41. The summed E-state index contributed by atoms with van der Waals surface area (Å²) in [6.07, 6.45) is 2.30. The van der Waals surface area contributed by atoms with Gasteiger partial charge in [0.2, 0.25) is 0 Å². The van der Waals surface area contributed by atoms with E-state index in [1.54, 1.807) is 12.3 Å². The molecule has 5 rings (SSSR count). The lowest BCUT2D eigenvalue weighted by atomic mass is 9.98. The number of ether oxygens (including phenoxy) is 1. The Hall–Kier alpha value is -3.32. The van der Waals surface area contributed by atoms with Gasteiger partial charge in [0.05, 0.1) is 27.7 Å². The zero-order valence-corrected chi connectivity index (χ0v) is 19.0. The Bertz CT molecular complexity index is 1350. The van der Waals surface area contributed by atoms with Gasteiger partial charge in [-0.05, 0) is 35.7 Å². The fraction of sp³-hybridized carbons (Fsp3) is 0.231. The van der Waals surface area contributed by atoms with Gasteiger partial charge < -0.3 is 10.1 Å². The van der Waals surface area contributed by atoms with Gasteiger partial charge in [0.15, 0.2) is 0 Å². The van der Waals surface area contributed by atoms with Crippen LogP contribution < -0.4 is 10.1 Å². The van der Waals surface area contributed by atoms with Crippen molar-refractivity contribution in [2.75, 3.05) is 6.61 Å². The molecule has 0 bridgehead atoms. The lowest BCUT2D eigenvalue weighted by Gasteiger charge is -2.26. The Labute approximate surface area is 194 Å². The molecule has 33 heavy (non-hydrogen) atoms. The summed E-state index contributed by atoms with van der Waals surface area (Å²) in [4.78, 5) is 18.6. The van der Waals surface area contributed by atoms with Gasteiger partial charge in [-0.2, -0.15) is 0 Å². The Morgan fingerprint density at radius 2 is 1.91 bits per heavy atom. The predicted octanol–water partition coefficient (Wildman–Crippen LogP) is 6.62. The summed E-state index contributed by atoms with van der Waals surface area (Å²) in [5.41, 5.74) is 3.56. The largest absolute Gasteiger partial charge is 0.493 e. The average Bonchev–Trinajstić information content (AvgIpc) is 3.19. The number of carbonyl (C=O) groups excluding carboxylic acids is 1. The maximum absolute atomic E-state index is 13.9. The molecule has 1 aliphatic heterocycles. The van der Waals surface area contributed by atoms with E-state index in [2.05, 4.69) is 10.3 Å². The van der Waals surface area contributed by atoms with E-state index < -0.39 is 11.6 Å². The fourth-order valence-corrected chi connectivity index (χ4v) is 5.72. The zero-order valence-electron chi connectivity index (χ0n) is 18.2. The van der Waals surface area contributed by atoms with Crippen molar-refractivity contribution in [1.82, 2.24) is 10.3 Å². The number of pyridine rings is 1. The van der Waals surface area contributed by atoms with Crippen LogP contribution in [0.5, 0.6) is 5.75 Å². The number of nitrogens with zero attached hydrogens (tertiary/aromatic N) is 1. The Balaban J connectivity index is 1.59. The Morgan fingerprint density at radius 1 is 1.15 bits per heavy atom. The number of amides is 1. The van der Waals surface area contributed by atoms with E-state index in [1.807, 2.05) is 38.1 Å². The maximum atomic E-state index is 13.9. The number of thiophene rings is 1. The van der Waals surface area contributed by atoms with Crippen LogP contribution in [0.2, 0.25) is 0 Å². The molecule has 0 aliphatic carbocycles. The summed E-state index contributed by atoms with van der Waals surface area (Å²) in [7, 11) is 0. The van der Waals surface area contributed by atoms with Crippen LogP contribution in [-0.4, -0.2) is 17.5 Å². The summed E-state index contributed by atoms with van der Waals surface area (Å²) in [5.74, 6) is -0.654. The van der Waals surface area contributed by atoms with E-state index in [4.69, 9.17) is 4.74 Å². The third kappa shape index (κ3) is 3.97. The van der Waals surface area contributed by atoms with E-state index in [0.29, 0.717) is 34.5 Å². The van der Waals surface area contributed by atoms with Gasteiger partial charge in [0.25, 0.3) is 5.91 Å². The summed E-state index contributed by atoms with van der Waals surface area (Å²) in [6, 6.07) is 12.7. The summed E-state index contributed by atoms with van der Waals surface area (Å²) < 4.78 is 34.3. The first-order chi connectivity index (χ1) is 15.9. The number of carbonyl (C=O) groups is 1. The van der Waals surface area contributed by atoms with Crippen molar-refractivity contribution >= 4 is 27.5 Å². The number of hydrogen-bond acceptors (Lipinski definition) is 4. The quantitative estimate of drug-likeness (QED) is 0.369. The molecule has 4 nitrogen and oxygen atoms in total. The van der Waals surface area contributed by atoms with Crippen molar-refractivity contribution in [1.29, 1.82) is 0 Å². The van der Waals surface area contributed by atoms with E-state index in [1.165, 1.54) is 23.5 Å². The molecule has 0 fully saturated rings. The van der Waals surface area contributed by atoms with Crippen LogP contribution in [-0.2, 0) is 0 Å². The lowest BCUT2D eigenvalue weighted by Crippen LogP contribution is -2.32. The Morgan fingerprint density at radius 3 is 2.67 bits per heavy atom. The highest BCUT2D eigenvalue weighted by molar-refractivity contribution is 7.21. The number of para-hydroxylation sites is 1. The van der Waals surface area contributed by atoms with Gasteiger partial charge in [-0.15, -0.1) is 11.3 Å². The lowest BCUT2D eigenvalue weighted by molar-refractivity contribution is 0.0928. The highest BCUT2D eigenvalue weighted by Gasteiger charge is 2.28. The van der Waals surface area contributed by atoms with Gasteiger partial charge in [-0.1, -0.05) is 32.0 Å². The standard InChI is InChI=1S/C26H22F2N2O2S/c1-14(2)22-23-24(18(7-9-29-23)15-11-16(27)13-17(28)12-15)33-25(22)26(31)30-20-8-10-32-21-6-4-3-5-19(20)21/h3-7,9,11-14,20H,8,10H2,1-2H3,(H,30,31)/t20-/m0/s1. The summed E-state index contributed by atoms with van der Waals surface area (Å²) >= 11 is 1.31. The van der Waals surface area contributed by atoms with E-state index in [9.17, 15) is 13.6 Å². The molecule has 7 heteroatoms. The van der Waals surface area contributed by atoms with Crippen molar-refractivity contribution in [3.05, 3.63) is 82.4 Å². The van der Waals surface area contributed by atoms with Crippen LogP contribution in [0.4, 0.5) is 8.78 Å². The summed E-state index contributed by atoms with van der Waals surface area (Å²) in [5, 5.41) is 3.17. The molecule has 168 valence electrons. The number of hydrogen-bond donors (Lipinski definition) is 1.